The maximum Gasteiger partial charge on any atom is 0.203 e. The highest BCUT2D eigenvalue weighted by Crippen LogP contribution is 2.27. The van der Waals surface area contributed by atoms with E-state index in [4.69, 9.17) is 0 Å². The third-order valence-electron chi connectivity index (χ3n) is 4.76. The molecule has 3 nitrogen and oxygen atoms in total. The van der Waals surface area contributed by atoms with E-state index in [-0.39, 0.29) is 5.82 Å². The van der Waals surface area contributed by atoms with Gasteiger partial charge >= 0.3 is 0 Å². The van der Waals surface area contributed by atoms with Crippen molar-refractivity contribution in [3.05, 3.63) is 94.8 Å². The zero-order valence-corrected chi connectivity index (χ0v) is 16.9. The molecule has 0 atom stereocenters. The van der Waals surface area contributed by atoms with Gasteiger partial charge < -0.3 is 9.88 Å². The van der Waals surface area contributed by atoms with Gasteiger partial charge in [-0.15, -0.1) is 0 Å². The predicted molar refractivity (Wildman–Crippen MR) is 116 cm³/mol. The summed E-state index contributed by atoms with van der Waals surface area (Å²) in [7, 11) is 1.95. The van der Waals surface area contributed by atoms with Crippen molar-refractivity contribution in [2.75, 3.05) is 5.32 Å². The highest BCUT2D eigenvalue weighted by Gasteiger charge is 2.11. The Kier molecular flexibility index (Phi) is 5.26. The number of nitrogens with zero attached hydrogens (tertiary/aromatic N) is 2. The molecule has 4 aromatic rings. The first-order valence-electron chi connectivity index (χ1n) is 8.98. The SMILES string of the molecule is Cn1c(-c2ccc(-c3ccccc3)cc2)cnc1NCc1c(F)cccc1Br. The van der Waals surface area contributed by atoms with Gasteiger partial charge in [0, 0.05) is 23.6 Å². The average Bonchev–Trinajstić information content (AvgIpc) is 3.09. The summed E-state index contributed by atoms with van der Waals surface area (Å²) in [5.74, 6) is 0.449. The van der Waals surface area contributed by atoms with E-state index in [2.05, 4.69) is 62.6 Å². The lowest BCUT2D eigenvalue weighted by Crippen LogP contribution is -2.07. The Bertz CT molecular complexity index is 1070. The maximum absolute atomic E-state index is 14.0. The van der Waals surface area contributed by atoms with Gasteiger partial charge in [0.05, 0.1) is 11.9 Å². The highest BCUT2D eigenvalue weighted by molar-refractivity contribution is 9.10. The van der Waals surface area contributed by atoms with Gasteiger partial charge in [-0.05, 0) is 28.8 Å². The molecule has 0 saturated carbocycles. The lowest BCUT2D eigenvalue weighted by atomic mass is 10.0. The topological polar surface area (TPSA) is 29.9 Å². The van der Waals surface area contributed by atoms with E-state index in [9.17, 15) is 4.39 Å². The Hall–Kier alpha value is -2.92. The van der Waals surface area contributed by atoms with E-state index < -0.39 is 0 Å². The van der Waals surface area contributed by atoms with E-state index in [1.165, 1.54) is 17.2 Å². The van der Waals surface area contributed by atoms with Gasteiger partial charge in [-0.1, -0.05) is 76.6 Å². The molecular weight excluding hydrogens is 417 g/mol. The summed E-state index contributed by atoms with van der Waals surface area (Å²) in [4.78, 5) is 4.46. The van der Waals surface area contributed by atoms with E-state index in [1.807, 2.05) is 42.1 Å². The molecular formula is C23H19BrFN3. The highest BCUT2D eigenvalue weighted by atomic mass is 79.9. The Morgan fingerprint density at radius 2 is 1.57 bits per heavy atom. The van der Waals surface area contributed by atoms with Crippen LogP contribution in [0.3, 0.4) is 0 Å². The molecule has 0 amide bonds. The summed E-state index contributed by atoms with van der Waals surface area (Å²) in [6.07, 6.45) is 1.83. The number of imidazole rings is 1. The minimum absolute atomic E-state index is 0.243. The standard InChI is InChI=1S/C23H19BrFN3/c1-28-22(18-12-10-17(11-13-18)16-6-3-2-4-7-16)15-27-23(28)26-14-19-20(24)8-5-9-21(19)25/h2-13,15H,14H2,1H3,(H,26,27). The summed E-state index contributed by atoms with van der Waals surface area (Å²) in [5, 5.41) is 3.22. The van der Waals surface area contributed by atoms with Crippen molar-refractivity contribution >= 4 is 21.9 Å². The second-order valence-electron chi connectivity index (χ2n) is 6.52. The Labute approximate surface area is 172 Å². The molecule has 140 valence electrons. The summed E-state index contributed by atoms with van der Waals surface area (Å²) in [5.41, 5.74) is 5.02. The molecule has 1 heterocycles. The minimum Gasteiger partial charge on any atom is -0.351 e. The molecule has 1 N–H and O–H groups in total. The first-order valence-corrected chi connectivity index (χ1v) is 9.77. The van der Waals surface area contributed by atoms with Crippen molar-refractivity contribution in [3.8, 4) is 22.4 Å². The van der Waals surface area contributed by atoms with Gasteiger partial charge in [-0.25, -0.2) is 9.37 Å². The molecule has 0 spiro atoms. The summed E-state index contributed by atoms with van der Waals surface area (Å²) >= 11 is 3.40. The maximum atomic E-state index is 14.0. The zero-order valence-electron chi connectivity index (χ0n) is 15.4. The number of anilines is 1. The molecule has 0 bridgehead atoms. The molecule has 0 radical (unpaired) electrons. The second kappa shape index (κ2) is 7.98. The molecule has 0 saturated heterocycles. The molecule has 1 aromatic heterocycles. The van der Waals surface area contributed by atoms with Crippen LogP contribution in [0.4, 0.5) is 10.3 Å². The fraction of sp³-hybridized carbons (Fsp3) is 0.0870. The zero-order chi connectivity index (χ0) is 19.5. The summed E-state index contributed by atoms with van der Waals surface area (Å²) in [6.45, 7) is 0.352. The number of halogens is 2. The van der Waals surface area contributed by atoms with Crippen molar-refractivity contribution in [2.24, 2.45) is 7.05 Å². The molecule has 0 aliphatic carbocycles. The van der Waals surface area contributed by atoms with Crippen LogP contribution >= 0.6 is 15.9 Å². The van der Waals surface area contributed by atoms with Crippen molar-refractivity contribution in [1.82, 2.24) is 9.55 Å². The van der Waals surface area contributed by atoms with Crippen LogP contribution in [0.2, 0.25) is 0 Å². The number of hydrogen-bond donors (Lipinski definition) is 1. The number of rotatable bonds is 5. The third-order valence-corrected chi connectivity index (χ3v) is 5.50. The lowest BCUT2D eigenvalue weighted by Gasteiger charge is -2.10. The van der Waals surface area contributed by atoms with Gasteiger partial charge in [0.1, 0.15) is 5.82 Å². The molecule has 28 heavy (non-hydrogen) atoms. The number of nitrogens with one attached hydrogen (secondary N) is 1. The van der Waals surface area contributed by atoms with Crippen LogP contribution in [0.1, 0.15) is 5.56 Å². The van der Waals surface area contributed by atoms with Crippen LogP contribution in [0.25, 0.3) is 22.4 Å². The van der Waals surface area contributed by atoms with Gasteiger partial charge in [-0.3, -0.25) is 0 Å². The minimum atomic E-state index is -0.243. The number of benzene rings is 3. The first-order chi connectivity index (χ1) is 13.6. The fourth-order valence-corrected chi connectivity index (χ4v) is 3.66. The molecule has 0 unspecified atom stereocenters. The van der Waals surface area contributed by atoms with Crippen molar-refractivity contribution in [2.45, 2.75) is 6.54 Å². The van der Waals surface area contributed by atoms with Crippen molar-refractivity contribution in [3.63, 3.8) is 0 Å². The molecule has 3 aromatic carbocycles. The van der Waals surface area contributed by atoms with Gasteiger partial charge in [0.15, 0.2) is 0 Å². The Balaban J connectivity index is 1.53. The molecule has 0 aliphatic heterocycles. The molecule has 0 fully saturated rings. The number of hydrogen-bond acceptors (Lipinski definition) is 2. The van der Waals surface area contributed by atoms with Crippen LogP contribution in [-0.2, 0) is 13.6 Å². The van der Waals surface area contributed by atoms with E-state index in [0.717, 1.165) is 15.7 Å². The van der Waals surface area contributed by atoms with Gasteiger partial charge in [0.2, 0.25) is 5.95 Å². The third kappa shape index (κ3) is 3.71. The molecule has 4 rings (SSSR count). The van der Waals surface area contributed by atoms with Crippen LogP contribution in [0.5, 0.6) is 0 Å². The van der Waals surface area contributed by atoms with E-state index >= 15 is 0 Å². The average molecular weight is 436 g/mol. The summed E-state index contributed by atoms with van der Waals surface area (Å²) in [6, 6.07) is 23.7. The predicted octanol–water partition coefficient (Wildman–Crippen LogP) is 6.27. The monoisotopic (exact) mass is 435 g/mol. The smallest absolute Gasteiger partial charge is 0.203 e. The largest absolute Gasteiger partial charge is 0.351 e. The van der Waals surface area contributed by atoms with Crippen LogP contribution < -0.4 is 5.32 Å². The first kappa shape index (κ1) is 18.4. The fourth-order valence-electron chi connectivity index (χ4n) is 3.17. The van der Waals surface area contributed by atoms with Crippen molar-refractivity contribution in [1.29, 1.82) is 0 Å². The lowest BCUT2D eigenvalue weighted by molar-refractivity contribution is 0.611. The second-order valence-corrected chi connectivity index (χ2v) is 7.38. The quantitative estimate of drug-likeness (QED) is 0.400. The Morgan fingerprint density at radius 3 is 2.29 bits per heavy atom. The van der Waals surface area contributed by atoms with Crippen LogP contribution in [0, 0.1) is 5.82 Å². The normalized spacial score (nSPS) is 10.8. The van der Waals surface area contributed by atoms with Crippen LogP contribution in [0.15, 0.2) is 83.5 Å². The van der Waals surface area contributed by atoms with E-state index in [0.29, 0.717) is 18.1 Å². The van der Waals surface area contributed by atoms with Gasteiger partial charge in [0.25, 0.3) is 0 Å². The molecule has 0 aliphatic rings. The number of aromatic nitrogens is 2. The Morgan fingerprint density at radius 1 is 0.893 bits per heavy atom. The van der Waals surface area contributed by atoms with E-state index in [1.54, 1.807) is 6.07 Å². The van der Waals surface area contributed by atoms with Crippen LogP contribution in [-0.4, -0.2) is 9.55 Å². The van der Waals surface area contributed by atoms with Gasteiger partial charge in [-0.2, -0.15) is 0 Å². The van der Waals surface area contributed by atoms with Crippen molar-refractivity contribution < 1.29 is 4.39 Å². The molecule has 5 heteroatoms. The summed E-state index contributed by atoms with van der Waals surface area (Å²) < 4.78 is 16.7.